The zero-order valence-corrected chi connectivity index (χ0v) is 6.51. The van der Waals surface area contributed by atoms with Crippen molar-refractivity contribution in [3.05, 3.63) is 35.8 Å². The highest BCUT2D eigenvalue weighted by atomic mass is 16.6. The minimum Gasteiger partial charge on any atom is -0.453 e. The van der Waals surface area contributed by atoms with Gasteiger partial charge in [-0.15, -0.1) is 6.58 Å². The molecule has 0 rings (SSSR count). The zero-order chi connectivity index (χ0) is 9.40. The van der Waals surface area contributed by atoms with E-state index in [-0.39, 0.29) is 0 Å². The van der Waals surface area contributed by atoms with Crippen molar-refractivity contribution in [3.63, 3.8) is 0 Å². The van der Waals surface area contributed by atoms with E-state index in [1.807, 2.05) is 0 Å². The summed E-state index contributed by atoms with van der Waals surface area (Å²) in [6.07, 6.45) is 2.04. The summed E-state index contributed by atoms with van der Waals surface area (Å²) in [6.45, 7) is 6.89. The molecule has 0 spiro atoms. The van der Waals surface area contributed by atoms with Gasteiger partial charge in [-0.1, -0.05) is 18.7 Å². The van der Waals surface area contributed by atoms with Crippen LogP contribution in [0.3, 0.4) is 0 Å². The second-order valence-electron chi connectivity index (χ2n) is 1.87. The Balaban J connectivity index is 4.00. The molecule has 5 nitrogen and oxygen atoms in total. The lowest BCUT2D eigenvalue weighted by Crippen LogP contribution is -2.11. The molecule has 0 saturated heterocycles. The average Bonchev–Trinajstić information content (AvgIpc) is 2.04. The van der Waals surface area contributed by atoms with Gasteiger partial charge in [-0.25, -0.2) is 4.79 Å². The Morgan fingerprint density at radius 3 is 2.83 bits per heavy atom. The predicted molar refractivity (Wildman–Crippen MR) is 44.4 cm³/mol. The third kappa shape index (κ3) is 4.14. The maximum absolute atomic E-state index is 10.6. The summed E-state index contributed by atoms with van der Waals surface area (Å²) in [5, 5.41) is 2.73. The Morgan fingerprint density at radius 1 is 1.75 bits per heavy atom. The quantitative estimate of drug-likeness (QED) is 0.279. The zero-order valence-electron chi connectivity index (χ0n) is 6.51. The lowest BCUT2D eigenvalue weighted by Gasteiger charge is -2.08. The molecule has 0 aromatic heterocycles. The first-order valence-electron chi connectivity index (χ1n) is 3.23. The Bertz CT molecular complexity index is 231. The van der Waals surface area contributed by atoms with E-state index in [4.69, 9.17) is 5.53 Å². The maximum atomic E-state index is 10.6. The van der Waals surface area contributed by atoms with Crippen molar-refractivity contribution < 1.29 is 9.53 Å². The number of carbonyl (C=O) groups is 1. The van der Waals surface area contributed by atoms with Crippen LogP contribution >= 0.6 is 0 Å². The van der Waals surface area contributed by atoms with Gasteiger partial charge in [0.1, 0.15) is 6.10 Å². The van der Waals surface area contributed by atoms with Gasteiger partial charge in [-0.2, -0.15) is 0 Å². The van der Waals surface area contributed by atoms with Crippen LogP contribution in [-0.2, 0) is 4.74 Å². The van der Waals surface area contributed by atoms with Crippen molar-refractivity contribution in [3.8, 4) is 0 Å². The summed E-state index contributed by atoms with van der Waals surface area (Å²) in [5.74, 6) is 0. The highest BCUT2D eigenvalue weighted by Gasteiger charge is 2.06. The molecule has 1 atom stereocenters. The van der Waals surface area contributed by atoms with Crippen LogP contribution in [0.15, 0.2) is 30.4 Å². The number of nitrogens with zero attached hydrogens (tertiary/aromatic N) is 3. The van der Waals surface area contributed by atoms with E-state index in [0.717, 1.165) is 0 Å². The van der Waals surface area contributed by atoms with Crippen molar-refractivity contribution in [2.45, 2.75) is 12.5 Å². The number of hydrogen-bond acceptors (Lipinski definition) is 2. The molecule has 0 aliphatic rings. The van der Waals surface area contributed by atoms with Crippen LogP contribution in [0.1, 0.15) is 6.42 Å². The van der Waals surface area contributed by atoms with Crippen molar-refractivity contribution in [2.24, 2.45) is 5.11 Å². The number of carbonyl (C=O) groups excluding carboxylic acids is 1. The van der Waals surface area contributed by atoms with Crippen molar-refractivity contribution in [2.75, 3.05) is 0 Å². The van der Waals surface area contributed by atoms with Crippen LogP contribution in [0.25, 0.3) is 10.4 Å². The number of ether oxygens (including phenoxy) is 1. The van der Waals surface area contributed by atoms with Gasteiger partial charge >= 0.3 is 6.09 Å². The highest BCUT2D eigenvalue weighted by molar-refractivity contribution is 5.68. The van der Waals surface area contributed by atoms with E-state index in [9.17, 15) is 4.79 Å². The Hall–Kier alpha value is -1.74. The largest absolute Gasteiger partial charge is 0.453 e. The van der Waals surface area contributed by atoms with E-state index < -0.39 is 12.2 Å². The van der Waals surface area contributed by atoms with Crippen molar-refractivity contribution in [1.82, 2.24) is 0 Å². The predicted octanol–water partition coefficient (Wildman–Crippen LogP) is 2.56. The van der Waals surface area contributed by atoms with Gasteiger partial charge in [0.2, 0.25) is 0 Å². The molecule has 5 heteroatoms. The average molecular weight is 167 g/mol. The fraction of sp³-hybridized carbons (Fsp3) is 0.286. The van der Waals surface area contributed by atoms with Crippen LogP contribution < -0.4 is 0 Å². The Labute approximate surface area is 70.0 Å². The molecule has 0 saturated carbocycles. The molecule has 1 amide bonds. The summed E-state index contributed by atoms with van der Waals surface area (Å²) in [5.41, 5.74) is 7.86. The molecular formula is C7H9N3O2. The summed E-state index contributed by atoms with van der Waals surface area (Å²) in [4.78, 5) is 12.8. The fourth-order valence-electron chi connectivity index (χ4n) is 0.546. The number of amides is 1. The normalized spacial score (nSPS) is 10.7. The van der Waals surface area contributed by atoms with E-state index in [2.05, 4.69) is 27.9 Å². The van der Waals surface area contributed by atoms with Gasteiger partial charge in [-0.3, -0.25) is 0 Å². The first-order valence-corrected chi connectivity index (χ1v) is 3.23. The molecule has 0 radical (unpaired) electrons. The molecule has 0 fully saturated rings. The van der Waals surface area contributed by atoms with Crippen LogP contribution in [0.2, 0.25) is 0 Å². The SMILES string of the molecule is C=CC[C@@H](C=C)OC(=O)N=[N+]=[N-]. The maximum Gasteiger partial charge on any atom is 0.397 e. The van der Waals surface area contributed by atoms with Gasteiger partial charge in [0.25, 0.3) is 0 Å². The fourth-order valence-corrected chi connectivity index (χ4v) is 0.546. The summed E-state index contributed by atoms with van der Waals surface area (Å²) < 4.78 is 4.63. The molecule has 0 aromatic rings. The van der Waals surface area contributed by atoms with Crippen molar-refractivity contribution in [1.29, 1.82) is 0 Å². The van der Waals surface area contributed by atoms with Crippen molar-refractivity contribution >= 4 is 6.09 Å². The van der Waals surface area contributed by atoms with Gasteiger partial charge < -0.3 is 4.74 Å². The first kappa shape index (κ1) is 10.3. The Kier molecular flexibility index (Phi) is 5.13. The van der Waals surface area contributed by atoms with Gasteiger partial charge in [0.05, 0.1) is 0 Å². The summed E-state index contributed by atoms with van der Waals surface area (Å²) in [7, 11) is 0. The van der Waals surface area contributed by atoms with Gasteiger partial charge in [0.15, 0.2) is 0 Å². The van der Waals surface area contributed by atoms with Crippen LogP contribution in [-0.4, -0.2) is 12.2 Å². The highest BCUT2D eigenvalue weighted by Crippen LogP contribution is 2.01. The minimum atomic E-state index is -0.954. The lowest BCUT2D eigenvalue weighted by atomic mass is 10.2. The molecule has 0 N–H and O–H groups in total. The minimum absolute atomic E-state index is 0.455. The van der Waals surface area contributed by atoms with E-state index in [0.29, 0.717) is 6.42 Å². The topological polar surface area (TPSA) is 75.1 Å². The monoisotopic (exact) mass is 167 g/mol. The molecule has 0 unspecified atom stereocenters. The second-order valence-corrected chi connectivity index (χ2v) is 1.87. The second kappa shape index (κ2) is 6.00. The number of rotatable bonds is 4. The van der Waals surface area contributed by atoms with E-state index in [1.165, 1.54) is 6.08 Å². The number of azide groups is 1. The van der Waals surface area contributed by atoms with Gasteiger partial charge in [0, 0.05) is 16.4 Å². The molecule has 0 aromatic carbocycles. The number of hydrogen-bond donors (Lipinski definition) is 0. The lowest BCUT2D eigenvalue weighted by molar-refractivity contribution is 0.131. The smallest absolute Gasteiger partial charge is 0.397 e. The molecular weight excluding hydrogens is 158 g/mol. The molecule has 0 heterocycles. The molecule has 0 aliphatic carbocycles. The molecule has 12 heavy (non-hydrogen) atoms. The standard InChI is InChI=1S/C7H9N3O2/c1-3-5-6(4-2)12-7(11)9-10-8/h3-4,6H,1-2,5H2/t6-/m1/s1. The van der Waals surface area contributed by atoms with E-state index in [1.54, 1.807) is 6.08 Å². The third-order valence-electron chi connectivity index (χ3n) is 1.04. The van der Waals surface area contributed by atoms with Crippen LogP contribution in [0, 0.1) is 0 Å². The molecule has 0 bridgehead atoms. The van der Waals surface area contributed by atoms with Crippen LogP contribution in [0.5, 0.6) is 0 Å². The van der Waals surface area contributed by atoms with Gasteiger partial charge in [-0.05, 0) is 5.53 Å². The van der Waals surface area contributed by atoms with Crippen LogP contribution in [0.4, 0.5) is 4.79 Å². The third-order valence-corrected chi connectivity index (χ3v) is 1.04. The Morgan fingerprint density at radius 2 is 2.42 bits per heavy atom. The summed E-state index contributed by atoms with van der Waals surface area (Å²) >= 11 is 0. The first-order chi connectivity index (χ1) is 5.74. The van der Waals surface area contributed by atoms with E-state index >= 15 is 0 Å². The summed E-state index contributed by atoms with van der Waals surface area (Å²) in [6, 6.07) is 0. The molecule has 64 valence electrons. The molecule has 0 aliphatic heterocycles.